The lowest BCUT2D eigenvalue weighted by Crippen LogP contribution is -2.50. The van der Waals surface area contributed by atoms with E-state index in [1.807, 2.05) is 40.7 Å². The molecule has 0 radical (unpaired) electrons. The first-order valence-electron chi connectivity index (χ1n) is 7.53. The van der Waals surface area contributed by atoms with Gasteiger partial charge in [-0.15, -0.1) is 0 Å². The SMILES string of the molecule is Cc1cc(C)c(C2CNCCN2C(=O)OC(C)(C)C)c(Cl)n1. The van der Waals surface area contributed by atoms with Gasteiger partial charge < -0.3 is 10.1 Å². The molecule has 2 heterocycles. The molecule has 1 aromatic heterocycles. The first-order chi connectivity index (χ1) is 10.2. The molecule has 0 saturated carbocycles. The van der Waals surface area contributed by atoms with E-state index in [-0.39, 0.29) is 12.1 Å². The highest BCUT2D eigenvalue weighted by Gasteiger charge is 2.33. The molecule has 1 saturated heterocycles. The van der Waals surface area contributed by atoms with Gasteiger partial charge in [-0.3, -0.25) is 4.90 Å². The molecule has 1 amide bonds. The number of hydrogen-bond donors (Lipinski definition) is 1. The van der Waals surface area contributed by atoms with Gasteiger partial charge in [0, 0.05) is 30.9 Å². The third-order valence-corrected chi connectivity index (χ3v) is 3.84. The summed E-state index contributed by atoms with van der Waals surface area (Å²) in [7, 11) is 0. The van der Waals surface area contributed by atoms with Crippen LogP contribution in [0, 0.1) is 13.8 Å². The Balaban J connectivity index is 2.33. The number of nitrogens with one attached hydrogen (secondary N) is 1. The lowest BCUT2D eigenvalue weighted by Gasteiger charge is -2.38. The minimum atomic E-state index is -0.517. The van der Waals surface area contributed by atoms with Gasteiger partial charge in [0.15, 0.2) is 0 Å². The Bertz CT molecular complexity index is 546. The molecule has 0 spiro atoms. The van der Waals surface area contributed by atoms with Crippen molar-refractivity contribution in [3.8, 4) is 0 Å². The molecule has 2 rings (SSSR count). The van der Waals surface area contributed by atoms with E-state index in [1.54, 1.807) is 4.90 Å². The van der Waals surface area contributed by atoms with E-state index in [2.05, 4.69) is 10.3 Å². The van der Waals surface area contributed by atoms with E-state index in [0.29, 0.717) is 18.2 Å². The second kappa shape index (κ2) is 6.42. The Morgan fingerprint density at radius 3 is 2.73 bits per heavy atom. The lowest BCUT2D eigenvalue weighted by atomic mass is 10.00. The molecular weight excluding hydrogens is 302 g/mol. The van der Waals surface area contributed by atoms with Crippen molar-refractivity contribution in [3.63, 3.8) is 0 Å². The van der Waals surface area contributed by atoms with E-state index in [9.17, 15) is 4.79 Å². The minimum absolute atomic E-state index is 0.163. The normalized spacial score (nSPS) is 19.2. The van der Waals surface area contributed by atoms with Gasteiger partial charge in [-0.2, -0.15) is 0 Å². The Labute approximate surface area is 137 Å². The number of piperazine rings is 1. The molecule has 1 N–H and O–H groups in total. The van der Waals surface area contributed by atoms with Crippen LogP contribution in [0.25, 0.3) is 0 Å². The molecule has 5 nitrogen and oxygen atoms in total. The number of ether oxygens (including phenoxy) is 1. The fourth-order valence-corrected chi connectivity index (χ4v) is 3.11. The summed E-state index contributed by atoms with van der Waals surface area (Å²) in [6, 6.07) is 1.83. The Morgan fingerprint density at radius 1 is 1.45 bits per heavy atom. The van der Waals surface area contributed by atoms with Crippen LogP contribution in [-0.2, 0) is 4.74 Å². The average molecular weight is 326 g/mol. The van der Waals surface area contributed by atoms with Crippen molar-refractivity contribution in [2.75, 3.05) is 19.6 Å². The molecule has 1 atom stereocenters. The predicted molar refractivity (Wildman–Crippen MR) is 87.3 cm³/mol. The van der Waals surface area contributed by atoms with Crippen LogP contribution in [0.1, 0.15) is 43.6 Å². The summed E-state index contributed by atoms with van der Waals surface area (Å²) in [6.07, 6.45) is -0.310. The van der Waals surface area contributed by atoms with Gasteiger partial charge >= 0.3 is 6.09 Å². The molecule has 1 aliphatic rings. The highest BCUT2D eigenvalue weighted by molar-refractivity contribution is 6.30. The quantitative estimate of drug-likeness (QED) is 0.805. The standard InChI is InChI=1S/C16H24ClN3O2/c1-10-8-11(2)19-14(17)13(10)12-9-18-6-7-20(12)15(21)22-16(3,4)5/h8,12,18H,6-7,9H2,1-5H3. The van der Waals surface area contributed by atoms with E-state index >= 15 is 0 Å². The van der Waals surface area contributed by atoms with E-state index in [4.69, 9.17) is 16.3 Å². The Hall–Kier alpha value is -1.33. The van der Waals surface area contributed by atoms with Gasteiger partial charge in [0.05, 0.1) is 6.04 Å². The maximum atomic E-state index is 12.5. The van der Waals surface area contributed by atoms with E-state index in [1.165, 1.54) is 0 Å². The summed E-state index contributed by atoms with van der Waals surface area (Å²) in [5.41, 5.74) is 2.29. The van der Waals surface area contributed by atoms with Crippen molar-refractivity contribution in [1.29, 1.82) is 0 Å². The van der Waals surface area contributed by atoms with Crippen LogP contribution >= 0.6 is 11.6 Å². The van der Waals surface area contributed by atoms with Gasteiger partial charge in [0.1, 0.15) is 10.8 Å². The molecule has 1 fully saturated rings. The largest absolute Gasteiger partial charge is 0.444 e. The van der Waals surface area contributed by atoms with Crippen LogP contribution in [-0.4, -0.2) is 41.2 Å². The highest BCUT2D eigenvalue weighted by atomic mass is 35.5. The summed E-state index contributed by atoms with van der Waals surface area (Å²) in [5, 5.41) is 3.77. The van der Waals surface area contributed by atoms with Crippen LogP contribution in [0.15, 0.2) is 6.07 Å². The second-order valence-corrected chi connectivity index (χ2v) is 7.04. The van der Waals surface area contributed by atoms with Crippen LogP contribution in [0.4, 0.5) is 4.79 Å². The van der Waals surface area contributed by atoms with Gasteiger partial charge in [-0.1, -0.05) is 11.6 Å². The van der Waals surface area contributed by atoms with E-state index < -0.39 is 5.60 Å². The maximum absolute atomic E-state index is 12.5. The van der Waals surface area contributed by atoms with Gasteiger partial charge in [-0.05, 0) is 46.2 Å². The van der Waals surface area contributed by atoms with Crippen LogP contribution in [0.5, 0.6) is 0 Å². The fourth-order valence-electron chi connectivity index (χ4n) is 2.70. The summed E-state index contributed by atoms with van der Waals surface area (Å²) in [6.45, 7) is 11.5. The number of carbonyl (C=O) groups is 1. The number of pyridine rings is 1. The highest BCUT2D eigenvalue weighted by Crippen LogP contribution is 2.31. The summed E-state index contributed by atoms with van der Waals surface area (Å²) < 4.78 is 5.53. The summed E-state index contributed by atoms with van der Waals surface area (Å²) in [4.78, 5) is 18.6. The minimum Gasteiger partial charge on any atom is -0.444 e. The molecule has 0 bridgehead atoms. The topological polar surface area (TPSA) is 54.5 Å². The second-order valence-electron chi connectivity index (χ2n) is 6.68. The van der Waals surface area contributed by atoms with Crippen LogP contribution < -0.4 is 5.32 Å². The zero-order chi connectivity index (χ0) is 16.5. The molecule has 0 aromatic carbocycles. The predicted octanol–water partition coefficient (Wildman–Crippen LogP) is 3.23. The van der Waals surface area contributed by atoms with Crippen molar-refractivity contribution in [2.24, 2.45) is 0 Å². The third kappa shape index (κ3) is 3.90. The van der Waals surface area contributed by atoms with Crippen molar-refractivity contribution in [1.82, 2.24) is 15.2 Å². The smallest absolute Gasteiger partial charge is 0.410 e. The van der Waals surface area contributed by atoms with E-state index in [0.717, 1.165) is 23.4 Å². The number of hydrogen-bond acceptors (Lipinski definition) is 4. The molecule has 22 heavy (non-hydrogen) atoms. The number of nitrogens with zero attached hydrogens (tertiary/aromatic N) is 2. The van der Waals surface area contributed by atoms with Crippen molar-refractivity contribution in [3.05, 3.63) is 28.0 Å². The lowest BCUT2D eigenvalue weighted by molar-refractivity contribution is 0.0117. The molecule has 1 aliphatic heterocycles. The van der Waals surface area contributed by atoms with Crippen LogP contribution in [0.2, 0.25) is 5.15 Å². The number of aromatic nitrogens is 1. The Kier molecular flexibility index (Phi) is 4.97. The first kappa shape index (κ1) is 17.0. The summed E-state index contributed by atoms with van der Waals surface area (Å²) >= 11 is 6.35. The fraction of sp³-hybridized carbons (Fsp3) is 0.625. The average Bonchev–Trinajstić information content (AvgIpc) is 2.36. The zero-order valence-corrected chi connectivity index (χ0v) is 14.6. The monoisotopic (exact) mass is 325 g/mol. The number of amides is 1. The summed E-state index contributed by atoms with van der Waals surface area (Å²) in [5.74, 6) is 0. The number of aryl methyl sites for hydroxylation is 2. The number of rotatable bonds is 1. The molecule has 6 heteroatoms. The van der Waals surface area contributed by atoms with Crippen molar-refractivity contribution < 1.29 is 9.53 Å². The number of carbonyl (C=O) groups excluding carboxylic acids is 1. The van der Waals surface area contributed by atoms with Crippen LogP contribution in [0.3, 0.4) is 0 Å². The third-order valence-electron chi connectivity index (χ3n) is 3.55. The van der Waals surface area contributed by atoms with Gasteiger partial charge in [0.25, 0.3) is 0 Å². The number of halogens is 1. The Morgan fingerprint density at radius 2 is 2.14 bits per heavy atom. The molecule has 0 aliphatic carbocycles. The molecule has 1 unspecified atom stereocenters. The van der Waals surface area contributed by atoms with Gasteiger partial charge in [-0.25, -0.2) is 9.78 Å². The van der Waals surface area contributed by atoms with Gasteiger partial charge in [0.2, 0.25) is 0 Å². The first-order valence-corrected chi connectivity index (χ1v) is 7.91. The molecule has 122 valence electrons. The van der Waals surface area contributed by atoms with Crippen molar-refractivity contribution in [2.45, 2.75) is 46.3 Å². The maximum Gasteiger partial charge on any atom is 0.410 e. The molecule has 1 aromatic rings. The molecular formula is C16H24ClN3O2. The zero-order valence-electron chi connectivity index (χ0n) is 13.9. The van der Waals surface area contributed by atoms with Crippen molar-refractivity contribution >= 4 is 17.7 Å².